The van der Waals surface area contributed by atoms with E-state index in [4.69, 9.17) is 9.47 Å². The molecule has 0 aromatic heterocycles. The first-order chi connectivity index (χ1) is 12.8. The van der Waals surface area contributed by atoms with Crippen LogP contribution >= 0.6 is 7.26 Å². The second kappa shape index (κ2) is 7.10. The van der Waals surface area contributed by atoms with Crippen molar-refractivity contribution in [2.75, 3.05) is 27.1 Å². The van der Waals surface area contributed by atoms with Crippen LogP contribution < -0.4 is 5.11 Å². The molecule has 0 radical (unpaired) electrons. The van der Waals surface area contributed by atoms with Crippen LogP contribution in [0.15, 0.2) is 73.0 Å². The summed E-state index contributed by atoms with van der Waals surface area (Å²) in [5, 5.41) is 14.3. The van der Waals surface area contributed by atoms with E-state index >= 15 is 0 Å². The Labute approximate surface area is 161 Å². The van der Waals surface area contributed by atoms with E-state index in [0.29, 0.717) is 5.56 Å². The SMILES string of the molecule is COC(=O)C1(C(c2ccccc2)[P+](C)(C)C)C=COC1([O-])c1ccccc1. The van der Waals surface area contributed by atoms with Crippen LogP contribution in [0.4, 0.5) is 0 Å². The van der Waals surface area contributed by atoms with E-state index in [9.17, 15) is 9.90 Å². The molecule has 0 saturated heterocycles. The second-order valence-electron chi connectivity index (χ2n) is 7.69. The van der Waals surface area contributed by atoms with Crippen molar-refractivity contribution in [1.29, 1.82) is 0 Å². The summed E-state index contributed by atoms with van der Waals surface area (Å²) < 4.78 is 10.8. The molecular formula is C22H25O4P. The van der Waals surface area contributed by atoms with Gasteiger partial charge >= 0.3 is 5.97 Å². The van der Waals surface area contributed by atoms with Gasteiger partial charge in [-0.3, -0.25) is 4.79 Å². The number of esters is 1. The largest absolute Gasteiger partial charge is 0.814 e. The molecule has 1 aliphatic rings. The van der Waals surface area contributed by atoms with E-state index < -0.39 is 24.4 Å². The van der Waals surface area contributed by atoms with Gasteiger partial charge in [0.2, 0.25) is 0 Å². The molecule has 1 aliphatic heterocycles. The molecule has 2 aromatic carbocycles. The van der Waals surface area contributed by atoms with E-state index in [-0.39, 0.29) is 5.66 Å². The highest BCUT2D eigenvalue weighted by Crippen LogP contribution is 2.72. The van der Waals surface area contributed by atoms with Crippen LogP contribution in [0.5, 0.6) is 0 Å². The number of carbonyl (C=O) groups is 1. The molecule has 3 rings (SSSR count). The summed E-state index contributed by atoms with van der Waals surface area (Å²) in [6, 6.07) is 18.5. The van der Waals surface area contributed by atoms with Crippen LogP contribution in [0.25, 0.3) is 0 Å². The molecule has 0 fully saturated rings. The fraction of sp³-hybridized carbons (Fsp3) is 0.318. The van der Waals surface area contributed by atoms with Crippen LogP contribution in [0.1, 0.15) is 16.8 Å². The van der Waals surface area contributed by atoms with Crippen molar-refractivity contribution in [2.24, 2.45) is 5.41 Å². The zero-order chi connectivity index (χ0) is 19.7. The summed E-state index contributed by atoms with van der Waals surface area (Å²) in [4.78, 5) is 13.3. The van der Waals surface area contributed by atoms with Gasteiger partial charge in [-0.2, -0.15) is 0 Å². The van der Waals surface area contributed by atoms with Gasteiger partial charge in [-0.05, 0) is 17.2 Å². The summed E-state index contributed by atoms with van der Waals surface area (Å²) >= 11 is 0. The lowest BCUT2D eigenvalue weighted by atomic mass is 9.71. The van der Waals surface area contributed by atoms with Crippen molar-refractivity contribution in [1.82, 2.24) is 0 Å². The second-order valence-corrected chi connectivity index (χ2v) is 12.4. The quantitative estimate of drug-likeness (QED) is 0.584. The number of hydrogen-bond acceptors (Lipinski definition) is 4. The first kappa shape index (κ1) is 19.6. The molecule has 27 heavy (non-hydrogen) atoms. The Balaban J connectivity index is 2.32. The Morgan fingerprint density at radius 2 is 1.59 bits per heavy atom. The number of methoxy groups -OCH3 is 1. The maximum atomic E-state index is 14.3. The molecule has 0 spiro atoms. The van der Waals surface area contributed by atoms with Gasteiger partial charge in [-0.25, -0.2) is 0 Å². The van der Waals surface area contributed by atoms with E-state index in [1.807, 2.05) is 36.4 Å². The maximum Gasteiger partial charge on any atom is 0.323 e. The number of carbonyl (C=O) groups excluding carboxylic acids is 1. The molecule has 3 atom stereocenters. The summed E-state index contributed by atoms with van der Waals surface area (Å²) in [6.07, 6.45) is 2.98. The standard InChI is InChI=1S/C22H25O4P/c1-25-20(23)21(19(27(2,3)4)17-11-7-5-8-12-17)15-16-26-22(21,24)18-13-9-6-10-14-18/h5-16,19H,1-4H3. The molecule has 0 aliphatic carbocycles. The Morgan fingerprint density at radius 3 is 2.11 bits per heavy atom. The minimum Gasteiger partial charge on any atom is -0.814 e. The number of rotatable bonds is 5. The monoisotopic (exact) mass is 384 g/mol. The highest BCUT2D eigenvalue weighted by molar-refractivity contribution is 7.74. The molecule has 142 valence electrons. The van der Waals surface area contributed by atoms with E-state index in [1.165, 1.54) is 13.4 Å². The third-order valence-electron chi connectivity index (χ3n) is 5.11. The van der Waals surface area contributed by atoms with Gasteiger partial charge in [-0.15, -0.1) is 0 Å². The average molecular weight is 384 g/mol. The molecule has 2 aromatic rings. The molecule has 0 amide bonds. The Kier molecular flexibility index (Phi) is 5.16. The van der Waals surface area contributed by atoms with E-state index in [1.54, 1.807) is 30.3 Å². The average Bonchev–Trinajstić information content (AvgIpc) is 3.00. The third-order valence-corrected chi connectivity index (χ3v) is 7.36. The van der Waals surface area contributed by atoms with Gasteiger partial charge in [0.15, 0.2) is 5.41 Å². The third kappa shape index (κ3) is 3.07. The Bertz CT molecular complexity index is 828. The molecule has 1 heterocycles. The fourth-order valence-corrected chi connectivity index (χ4v) is 6.77. The number of hydrogen-bond donors (Lipinski definition) is 0. The topological polar surface area (TPSA) is 58.6 Å². The molecular weight excluding hydrogens is 359 g/mol. The van der Waals surface area contributed by atoms with Gasteiger partial charge in [-0.1, -0.05) is 60.7 Å². The van der Waals surface area contributed by atoms with Crippen LogP contribution in [0, 0.1) is 5.41 Å². The summed E-state index contributed by atoms with van der Waals surface area (Å²) in [5.41, 5.74) is -0.504. The Morgan fingerprint density at radius 1 is 1.04 bits per heavy atom. The smallest absolute Gasteiger partial charge is 0.323 e. The zero-order valence-electron chi connectivity index (χ0n) is 16.1. The van der Waals surface area contributed by atoms with Gasteiger partial charge in [0.25, 0.3) is 0 Å². The van der Waals surface area contributed by atoms with Crippen molar-refractivity contribution in [3.05, 3.63) is 84.1 Å². The minimum absolute atomic E-state index is 0.352. The summed E-state index contributed by atoms with van der Waals surface area (Å²) in [5.74, 6) is -2.67. The lowest BCUT2D eigenvalue weighted by Gasteiger charge is -2.52. The Hall–Kier alpha value is -2.16. The normalized spacial score (nSPS) is 25.7. The highest BCUT2D eigenvalue weighted by Gasteiger charge is 2.65. The molecule has 0 bridgehead atoms. The molecule has 3 unspecified atom stereocenters. The molecule has 0 N–H and O–H groups in total. The van der Waals surface area contributed by atoms with E-state index in [0.717, 1.165) is 5.56 Å². The van der Waals surface area contributed by atoms with Crippen molar-refractivity contribution < 1.29 is 19.4 Å². The van der Waals surface area contributed by atoms with Crippen LogP contribution in [0.2, 0.25) is 0 Å². The lowest BCUT2D eigenvalue weighted by Crippen LogP contribution is -2.60. The number of ether oxygens (including phenoxy) is 2. The van der Waals surface area contributed by atoms with Crippen molar-refractivity contribution >= 4 is 13.2 Å². The van der Waals surface area contributed by atoms with Crippen molar-refractivity contribution in [3.63, 3.8) is 0 Å². The summed E-state index contributed by atoms with van der Waals surface area (Å²) in [6.45, 7) is 6.40. The molecule has 5 heteroatoms. The van der Waals surface area contributed by atoms with Crippen LogP contribution in [-0.4, -0.2) is 33.1 Å². The molecule has 4 nitrogen and oxygen atoms in total. The predicted octanol–water partition coefficient (Wildman–Crippen LogP) is 3.55. The van der Waals surface area contributed by atoms with E-state index in [2.05, 4.69) is 20.0 Å². The van der Waals surface area contributed by atoms with Crippen molar-refractivity contribution in [3.8, 4) is 0 Å². The first-order valence-corrected chi connectivity index (χ1v) is 12.0. The maximum absolute atomic E-state index is 14.3. The molecule has 0 saturated carbocycles. The van der Waals surface area contributed by atoms with Crippen LogP contribution in [-0.2, 0) is 20.1 Å². The lowest BCUT2D eigenvalue weighted by molar-refractivity contribution is -0.575. The summed E-state index contributed by atoms with van der Waals surface area (Å²) in [7, 11) is -0.438. The zero-order valence-corrected chi connectivity index (χ0v) is 17.0. The van der Waals surface area contributed by atoms with Gasteiger partial charge in [0.05, 0.1) is 19.2 Å². The first-order valence-electron chi connectivity index (χ1n) is 8.83. The predicted molar refractivity (Wildman–Crippen MR) is 107 cm³/mol. The van der Waals surface area contributed by atoms with Gasteiger partial charge in [0, 0.05) is 27.3 Å². The highest BCUT2D eigenvalue weighted by atomic mass is 31.2. The van der Waals surface area contributed by atoms with Gasteiger partial charge < -0.3 is 14.6 Å². The fourth-order valence-electron chi connectivity index (χ4n) is 4.12. The van der Waals surface area contributed by atoms with Crippen LogP contribution in [0.3, 0.4) is 0 Å². The van der Waals surface area contributed by atoms with Crippen molar-refractivity contribution in [2.45, 2.75) is 11.4 Å². The minimum atomic E-state index is -2.10. The van der Waals surface area contributed by atoms with Gasteiger partial charge in [0.1, 0.15) is 5.66 Å². The number of benzene rings is 2.